The van der Waals surface area contributed by atoms with E-state index < -0.39 is 0 Å². The molecule has 1 aromatic heterocycles. The van der Waals surface area contributed by atoms with Gasteiger partial charge >= 0.3 is 5.97 Å². The van der Waals surface area contributed by atoms with Crippen LogP contribution in [0.1, 0.15) is 48.0 Å². The Morgan fingerprint density at radius 2 is 1.82 bits per heavy atom. The van der Waals surface area contributed by atoms with E-state index >= 15 is 0 Å². The predicted octanol–water partition coefficient (Wildman–Crippen LogP) is 4.25. The molecule has 0 radical (unpaired) electrons. The first-order valence-electron chi connectivity index (χ1n) is 11.0. The highest BCUT2D eigenvalue weighted by Gasteiger charge is 2.34. The number of nitrogens with zero attached hydrogens (tertiary/aromatic N) is 1. The number of carbonyl (C=O) groups is 2. The second-order valence-corrected chi connectivity index (χ2v) is 8.26. The van der Waals surface area contributed by atoms with Gasteiger partial charge in [-0.2, -0.15) is 0 Å². The van der Waals surface area contributed by atoms with Gasteiger partial charge < -0.3 is 19.5 Å². The molecular weight excluding hydrogens is 420 g/mol. The first-order chi connectivity index (χ1) is 16.0. The number of rotatable bonds is 6. The molecule has 1 aliphatic carbocycles. The van der Waals surface area contributed by atoms with Crippen LogP contribution in [0.15, 0.2) is 54.7 Å². The summed E-state index contributed by atoms with van der Waals surface area (Å²) in [5, 5.41) is 4.13. The van der Waals surface area contributed by atoms with Crippen LogP contribution in [0, 0.1) is 0 Å². The standard InChI is InChI=1S/C26H28N2O5/c1-16(29)33-20-8-10-23(21(15-20)17-7-11-24(31-2)25(14-17)32-3)28-26(30)19-6-9-22-18(13-19)5-4-12-27-22/h4-7,9,11-14,20-21,23H,8,10,15H2,1-3H3,(H,28,30). The van der Waals surface area contributed by atoms with Crippen molar-refractivity contribution in [3.63, 3.8) is 0 Å². The minimum Gasteiger partial charge on any atom is -0.493 e. The molecule has 3 atom stereocenters. The Balaban J connectivity index is 1.60. The Hall–Kier alpha value is -3.61. The molecule has 1 heterocycles. The maximum atomic E-state index is 13.2. The van der Waals surface area contributed by atoms with Crippen LogP contribution in [0.25, 0.3) is 10.9 Å². The van der Waals surface area contributed by atoms with E-state index in [2.05, 4.69) is 10.3 Å². The highest BCUT2D eigenvalue weighted by molar-refractivity contribution is 5.98. The quantitative estimate of drug-likeness (QED) is 0.568. The molecule has 1 saturated carbocycles. The zero-order chi connectivity index (χ0) is 23.4. The summed E-state index contributed by atoms with van der Waals surface area (Å²) in [6, 6.07) is 14.9. The first kappa shape index (κ1) is 22.6. The summed E-state index contributed by atoms with van der Waals surface area (Å²) >= 11 is 0. The van der Waals surface area contributed by atoms with Gasteiger partial charge in [0, 0.05) is 36.0 Å². The van der Waals surface area contributed by atoms with Gasteiger partial charge in [-0.1, -0.05) is 12.1 Å². The number of carbonyl (C=O) groups excluding carboxylic acids is 2. The van der Waals surface area contributed by atoms with Crippen LogP contribution in [-0.4, -0.2) is 43.2 Å². The predicted molar refractivity (Wildman–Crippen MR) is 125 cm³/mol. The second kappa shape index (κ2) is 9.90. The van der Waals surface area contributed by atoms with Crippen molar-refractivity contribution in [1.29, 1.82) is 0 Å². The maximum absolute atomic E-state index is 13.2. The SMILES string of the molecule is COc1ccc(C2CC(OC(C)=O)CCC2NC(=O)c2ccc3ncccc3c2)cc1OC. The number of methoxy groups -OCH3 is 2. The van der Waals surface area contributed by atoms with Gasteiger partial charge in [0.25, 0.3) is 5.91 Å². The molecule has 1 amide bonds. The number of amides is 1. The highest BCUT2D eigenvalue weighted by atomic mass is 16.5. The van der Waals surface area contributed by atoms with Crippen molar-refractivity contribution in [1.82, 2.24) is 10.3 Å². The number of hydrogen-bond donors (Lipinski definition) is 1. The molecule has 1 N–H and O–H groups in total. The number of fused-ring (bicyclic) bond motifs is 1. The largest absolute Gasteiger partial charge is 0.493 e. The lowest BCUT2D eigenvalue weighted by atomic mass is 9.78. The fourth-order valence-electron chi connectivity index (χ4n) is 4.57. The molecule has 172 valence electrons. The van der Waals surface area contributed by atoms with E-state index in [1.807, 2.05) is 42.5 Å². The van der Waals surface area contributed by atoms with E-state index in [0.29, 0.717) is 36.3 Å². The van der Waals surface area contributed by atoms with Gasteiger partial charge in [0.05, 0.1) is 19.7 Å². The summed E-state index contributed by atoms with van der Waals surface area (Å²) in [5.74, 6) is 0.783. The minimum absolute atomic E-state index is 0.0472. The van der Waals surface area contributed by atoms with Crippen LogP contribution in [0.5, 0.6) is 11.5 Å². The molecule has 1 fully saturated rings. The summed E-state index contributed by atoms with van der Waals surface area (Å²) < 4.78 is 16.4. The van der Waals surface area contributed by atoms with Gasteiger partial charge in [-0.3, -0.25) is 14.6 Å². The summed E-state index contributed by atoms with van der Waals surface area (Å²) in [7, 11) is 3.19. The average molecular weight is 449 g/mol. The van der Waals surface area contributed by atoms with Crippen LogP contribution < -0.4 is 14.8 Å². The van der Waals surface area contributed by atoms with Crippen LogP contribution in [-0.2, 0) is 9.53 Å². The topological polar surface area (TPSA) is 86.8 Å². The fraction of sp³-hybridized carbons (Fsp3) is 0.346. The normalized spacial score (nSPS) is 20.2. The smallest absolute Gasteiger partial charge is 0.302 e. The van der Waals surface area contributed by atoms with E-state index in [4.69, 9.17) is 14.2 Å². The molecule has 1 aliphatic rings. The number of ether oxygens (including phenoxy) is 3. The van der Waals surface area contributed by atoms with Gasteiger partial charge in [-0.15, -0.1) is 0 Å². The number of hydrogen-bond acceptors (Lipinski definition) is 6. The lowest BCUT2D eigenvalue weighted by Crippen LogP contribution is -2.44. The molecule has 0 spiro atoms. The van der Waals surface area contributed by atoms with E-state index in [9.17, 15) is 9.59 Å². The number of benzene rings is 2. The van der Waals surface area contributed by atoms with Crippen LogP contribution in [0.4, 0.5) is 0 Å². The molecule has 0 saturated heterocycles. The monoisotopic (exact) mass is 448 g/mol. The van der Waals surface area contributed by atoms with E-state index in [-0.39, 0.29) is 29.9 Å². The third kappa shape index (κ3) is 5.08. The van der Waals surface area contributed by atoms with Gasteiger partial charge in [-0.25, -0.2) is 0 Å². The van der Waals surface area contributed by atoms with E-state index in [1.54, 1.807) is 26.5 Å². The fourth-order valence-corrected chi connectivity index (χ4v) is 4.57. The highest BCUT2D eigenvalue weighted by Crippen LogP contribution is 2.38. The van der Waals surface area contributed by atoms with Crippen molar-refractivity contribution in [2.45, 2.75) is 44.2 Å². The zero-order valence-electron chi connectivity index (χ0n) is 19.0. The van der Waals surface area contributed by atoms with E-state index in [0.717, 1.165) is 16.5 Å². The Morgan fingerprint density at radius 3 is 2.58 bits per heavy atom. The van der Waals surface area contributed by atoms with Gasteiger partial charge in [0.1, 0.15) is 6.10 Å². The molecular formula is C26H28N2O5. The summed E-state index contributed by atoms with van der Waals surface area (Å²) in [5.41, 5.74) is 2.43. The van der Waals surface area contributed by atoms with Crippen molar-refractivity contribution < 1.29 is 23.8 Å². The molecule has 2 aromatic carbocycles. The van der Waals surface area contributed by atoms with Crippen molar-refractivity contribution in [3.8, 4) is 11.5 Å². The first-order valence-corrected chi connectivity index (χ1v) is 11.0. The van der Waals surface area contributed by atoms with Crippen LogP contribution in [0.3, 0.4) is 0 Å². The molecule has 0 aliphatic heterocycles. The van der Waals surface area contributed by atoms with Crippen LogP contribution >= 0.6 is 0 Å². The van der Waals surface area contributed by atoms with Crippen molar-refractivity contribution in [3.05, 3.63) is 65.9 Å². The Kier molecular flexibility index (Phi) is 6.77. The lowest BCUT2D eigenvalue weighted by molar-refractivity contribution is -0.148. The summed E-state index contributed by atoms with van der Waals surface area (Å²) in [6.07, 6.45) is 3.53. The minimum atomic E-state index is -0.293. The summed E-state index contributed by atoms with van der Waals surface area (Å²) in [6.45, 7) is 1.42. The molecule has 7 nitrogen and oxygen atoms in total. The van der Waals surface area contributed by atoms with Crippen molar-refractivity contribution >= 4 is 22.8 Å². The second-order valence-electron chi connectivity index (χ2n) is 8.26. The van der Waals surface area contributed by atoms with Crippen LogP contribution in [0.2, 0.25) is 0 Å². The van der Waals surface area contributed by atoms with Crippen molar-refractivity contribution in [2.24, 2.45) is 0 Å². The Labute approximate surface area is 193 Å². The van der Waals surface area contributed by atoms with Gasteiger partial charge in [-0.05, 0) is 61.2 Å². The molecule has 33 heavy (non-hydrogen) atoms. The third-order valence-electron chi connectivity index (χ3n) is 6.15. The third-order valence-corrected chi connectivity index (χ3v) is 6.15. The number of pyridine rings is 1. The van der Waals surface area contributed by atoms with Crippen molar-refractivity contribution in [2.75, 3.05) is 14.2 Å². The average Bonchev–Trinajstić information content (AvgIpc) is 2.83. The van der Waals surface area contributed by atoms with E-state index in [1.165, 1.54) is 6.92 Å². The number of nitrogens with one attached hydrogen (secondary N) is 1. The lowest BCUT2D eigenvalue weighted by Gasteiger charge is -2.36. The summed E-state index contributed by atoms with van der Waals surface area (Å²) in [4.78, 5) is 29.0. The maximum Gasteiger partial charge on any atom is 0.302 e. The molecule has 4 rings (SSSR count). The molecule has 3 aromatic rings. The van der Waals surface area contributed by atoms with Gasteiger partial charge in [0.2, 0.25) is 0 Å². The molecule has 0 bridgehead atoms. The number of esters is 1. The molecule has 3 unspecified atom stereocenters. The zero-order valence-corrected chi connectivity index (χ0v) is 19.0. The Morgan fingerprint density at radius 1 is 1.00 bits per heavy atom. The Bertz CT molecular complexity index is 1160. The van der Waals surface area contributed by atoms with Gasteiger partial charge in [0.15, 0.2) is 11.5 Å². The molecule has 7 heteroatoms. The number of aromatic nitrogens is 1.